The summed E-state index contributed by atoms with van der Waals surface area (Å²) in [4.78, 5) is 4.26. The van der Waals surface area contributed by atoms with Crippen molar-refractivity contribution in [3.63, 3.8) is 0 Å². The Morgan fingerprint density at radius 1 is 0.967 bits per heavy atom. The number of ether oxygens (including phenoxy) is 1. The van der Waals surface area contributed by atoms with Gasteiger partial charge in [0.2, 0.25) is 0 Å². The van der Waals surface area contributed by atoms with Crippen LogP contribution in [0.1, 0.15) is 22.5 Å². The molecule has 2 aromatic carbocycles. The van der Waals surface area contributed by atoms with E-state index in [1.807, 2.05) is 45.3 Å². The average Bonchev–Trinajstić information content (AvgIpc) is 3.22. The first kappa shape index (κ1) is 21.9. The highest BCUT2D eigenvalue weighted by Gasteiger charge is 2.16. The zero-order valence-corrected chi connectivity index (χ0v) is 18.3. The molecular weight excluding hydrogens is 376 g/mol. The Morgan fingerprint density at radius 2 is 1.73 bits per heavy atom. The highest BCUT2D eigenvalue weighted by atomic mass is 16.5. The Hall–Kier alpha value is -2.76. The third-order valence-electron chi connectivity index (χ3n) is 5.27. The summed E-state index contributed by atoms with van der Waals surface area (Å²) >= 11 is 0. The molecule has 0 spiro atoms. The standard InChI is InChI=1S/C25H32N2O3/c1-19-7-5-9-25(20(19)2)30-18-23(28)16-27(17-24-8-6-14-29-24)15-21-10-12-22(13-11-21)26(3)4/h5-14,23,28H,15-18H2,1-4H3. The molecule has 3 aromatic rings. The second-order valence-corrected chi connectivity index (χ2v) is 7.97. The van der Waals surface area contributed by atoms with Crippen LogP contribution in [0.5, 0.6) is 5.75 Å². The maximum absolute atomic E-state index is 10.7. The second-order valence-electron chi connectivity index (χ2n) is 7.97. The minimum absolute atomic E-state index is 0.249. The smallest absolute Gasteiger partial charge is 0.122 e. The quantitative estimate of drug-likeness (QED) is 0.539. The number of benzene rings is 2. The number of aryl methyl sites for hydroxylation is 1. The minimum Gasteiger partial charge on any atom is -0.491 e. The molecule has 0 saturated heterocycles. The molecule has 3 rings (SSSR count). The molecule has 5 nitrogen and oxygen atoms in total. The fourth-order valence-electron chi connectivity index (χ4n) is 3.38. The zero-order valence-electron chi connectivity index (χ0n) is 18.3. The highest BCUT2D eigenvalue weighted by Crippen LogP contribution is 2.21. The molecule has 160 valence electrons. The van der Waals surface area contributed by atoms with E-state index >= 15 is 0 Å². The van der Waals surface area contributed by atoms with E-state index in [9.17, 15) is 5.11 Å². The van der Waals surface area contributed by atoms with Crippen LogP contribution in [0, 0.1) is 13.8 Å². The highest BCUT2D eigenvalue weighted by molar-refractivity contribution is 5.46. The summed E-state index contributed by atoms with van der Waals surface area (Å²) in [5.41, 5.74) is 4.65. The van der Waals surface area contributed by atoms with E-state index in [1.165, 1.54) is 16.8 Å². The van der Waals surface area contributed by atoms with Gasteiger partial charge in [-0.2, -0.15) is 0 Å². The van der Waals surface area contributed by atoms with Crippen LogP contribution >= 0.6 is 0 Å². The van der Waals surface area contributed by atoms with Crippen LogP contribution in [-0.2, 0) is 13.1 Å². The van der Waals surface area contributed by atoms with E-state index in [2.05, 4.69) is 47.1 Å². The van der Waals surface area contributed by atoms with E-state index in [-0.39, 0.29) is 6.61 Å². The van der Waals surface area contributed by atoms with Gasteiger partial charge < -0.3 is 19.2 Å². The van der Waals surface area contributed by atoms with Gasteiger partial charge in [-0.05, 0) is 60.9 Å². The van der Waals surface area contributed by atoms with Crippen molar-refractivity contribution < 1.29 is 14.3 Å². The number of nitrogens with zero attached hydrogens (tertiary/aromatic N) is 2. The Morgan fingerprint density at radius 3 is 2.40 bits per heavy atom. The maximum atomic E-state index is 10.7. The SMILES string of the molecule is Cc1cccc(OCC(O)CN(Cc2ccc(N(C)C)cc2)Cc2ccco2)c1C. The van der Waals surface area contributed by atoms with Crippen molar-refractivity contribution in [2.75, 3.05) is 32.1 Å². The predicted octanol–water partition coefficient (Wildman–Crippen LogP) is 4.40. The molecule has 0 fully saturated rings. The summed E-state index contributed by atoms with van der Waals surface area (Å²) in [5, 5.41) is 10.7. The molecule has 30 heavy (non-hydrogen) atoms. The van der Waals surface area contributed by atoms with Crippen LogP contribution in [0.4, 0.5) is 5.69 Å². The van der Waals surface area contributed by atoms with E-state index in [1.54, 1.807) is 6.26 Å². The Balaban J connectivity index is 1.63. The van der Waals surface area contributed by atoms with Gasteiger partial charge in [0.15, 0.2) is 0 Å². The van der Waals surface area contributed by atoms with Crippen LogP contribution in [0.3, 0.4) is 0 Å². The van der Waals surface area contributed by atoms with Crippen LogP contribution < -0.4 is 9.64 Å². The van der Waals surface area contributed by atoms with Gasteiger partial charge in [-0.1, -0.05) is 24.3 Å². The van der Waals surface area contributed by atoms with Crippen molar-refractivity contribution in [3.05, 3.63) is 83.3 Å². The molecule has 0 saturated carbocycles. The Bertz CT molecular complexity index is 905. The molecule has 0 aliphatic heterocycles. The first-order valence-corrected chi connectivity index (χ1v) is 10.3. The summed E-state index contributed by atoms with van der Waals surface area (Å²) in [6, 6.07) is 18.3. The summed E-state index contributed by atoms with van der Waals surface area (Å²) in [6.07, 6.45) is 1.07. The van der Waals surface area contributed by atoms with Crippen molar-refractivity contribution >= 4 is 5.69 Å². The maximum Gasteiger partial charge on any atom is 0.122 e. The predicted molar refractivity (Wildman–Crippen MR) is 121 cm³/mol. The number of aliphatic hydroxyl groups excluding tert-OH is 1. The lowest BCUT2D eigenvalue weighted by Gasteiger charge is -2.25. The molecule has 0 bridgehead atoms. The van der Waals surface area contributed by atoms with Crippen LogP contribution in [-0.4, -0.2) is 43.4 Å². The zero-order chi connectivity index (χ0) is 21.5. The molecule has 1 aromatic heterocycles. The lowest BCUT2D eigenvalue weighted by Crippen LogP contribution is -2.35. The van der Waals surface area contributed by atoms with Crippen molar-refractivity contribution in [1.29, 1.82) is 0 Å². The summed E-state index contributed by atoms with van der Waals surface area (Å²) in [5.74, 6) is 1.70. The number of aliphatic hydroxyl groups is 1. The Kier molecular flexibility index (Phi) is 7.55. The van der Waals surface area contributed by atoms with Crippen molar-refractivity contribution in [1.82, 2.24) is 4.90 Å². The van der Waals surface area contributed by atoms with Crippen LogP contribution in [0.25, 0.3) is 0 Å². The van der Waals surface area contributed by atoms with E-state index in [0.29, 0.717) is 13.1 Å². The average molecular weight is 409 g/mol. The van der Waals surface area contributed by atoms with E-state index < -0.39 is 6.10 Å². The van der Waals surface area contributed by atoms with Gasteiger partial charge >= 0.3 is 0 Å². The number of rotatable bonds is 10. The number of hydrogen-bond donors (Lipinski definition) is 1. The normalized spacial score (nSPS) is 12.2. The molecule has 5 heteroatoms. The topological polar surface area (TPSA) is 49.1 Å². The molecule has 0 aliphatic rings. The fourth-order valence-corrected chi connectivity index (χ4v) is 3.38. The van der Waals surface area contributed by atoms with Gasteiger partial charge in [0.1, 0.15) is 24.2 Å². The van der Waals surface area contributed by atoms with Crippen molar-refractivity contribution in [3.8, 4) is 5.75 Å². The second kappa shape index (κ2) is 10.3. The van der Waals surface area contributed by atoms with Crippen LogP contribution in [0.15, 0.2) is 65.3 Å². The summed E-state index contributed by atoms with van der Waals surface area (Å²) < 4.78 is 11.4. The van der Waals surface area contributed by atoms with Gasteiger partial charge in [0.05, 0.1) is 12.8 Å². The first-order valence-electron chi connectivity index (χ1n) is 10.3. The lowest BCUT2D eigenvalue weighted by atomic mass is 10.1. The number of furan rings is 1. The van der Waals surface area contributed by atoms with Gasteiger partial charge in [0.25, 0.3) is 0 Å². The fraction of sp³-hybridized carbons (Fsp3) is 0.360. The molecule has 0 radical (unpaired) electrons. The third-order valence-corrected chi connectivity index (χ3v) is 5.27. The molecule has 0 aliphatic carbocycles. The third kappa shape index (κ3) is 6.12. The largest absolute Gasteiger partial charge is 0.491 e. The minimum atomic E-state index is -0.610. The molecule has 1 unspecified atom stereocenters. The van der Waals surface area contributed by atoms with E-state index in [0.717, 1.165) is 23.6 Å². The first-order chi connectivity index (χ1) is 14.4. The number of hydrogen-bond acceptors (Lipinski definition) is 5. The lowest BCUT2D eigenvalue weighted by molar-refractivity contribution is 0.0602. The van der Waals surface area contributed by atoms with Gasteiger partial charge in [-0.15, -0.1) is 0 Å². The monoisotopic (exact) mass is 408 g/mol. The molecule has 1 atom stereocenters. The molecule has 1 N–H and O–H groups in total. The van der Waals surface area contributed by atoms with Crippen molar-refractivity contribution in [2.24, 2.45) is 0 Å². The Labute approximate surface area is 179 Å². The summed E-state index contributed by atoms with van der Waals surface area (Å²) in [7, 11) is 4.06. The van der Waals surface area contributed by atoms with Crippen molar-refractivity contribution in [2.45, 2.75) is 33.0 Å². The number of anilines is 1. The molecule has 0 amide bonds. The molecular formula is C25H32N2O3. The van der Waals surface area contributed by atoms with E-state index in [4.69, 9.17) is 9.15 Å². The van der Waals surface area contributed by atoms with Gasteiger partial charge in [-0.3, -0.25) is 4.90 Å². The van der Waals surface area contributed by atoms with Gasteiger partial charge in [-0.25, -0.2) is 0 Å². The molecule has 1 heterocycles. The van der Waals surface area contributed by atoms with Gasteiger partial charge in [0, 0.05) is 32.9 Å². The van der Waals surface area contributed by atoms with Crippen LogP contribution in [0.2, 0.25) is 0 Å². The summed E-state index contributed by atoms with van der Waals surface area (Å²) in [6.45, 7) is 6.18.